The van der Waals surface area contributed by atoms with Gasteiger partial charge in [0, 0.05) is 48.7 Å². The fraction of sp³-hybridized carbons (Fsp3) is 0.435. The number of benzene rings is 1. The Bertz CT molecular complexity index is 1020. The summed E-state index contributed by atoms with van der Waals surface area (Å²) in [6.07, 6.45) is 5.01. The first-order valence-electron chi connectivity index (χ1n) is 10.5. The van der Waals surface area contributed by atoms with E-state index in [1.54, 1.807) is 19.2 Å². The van der Waals surface area contributed by atoms with Crippen LogP contribution >= 0.6 is 0 Å². The van der Waals surface area contributed by atoms with Gasteiger partial charge in [-0.3, -0.25) is 4.90 Å². The second kappa shape index (κ2) is 8.62. The fourth-order valence-corrected chi connectivity index (χ4v) is 4.08. The highest BCUT2D eigenvalue weighted by atomic mass is 19.1. The molecular formula is C23H30FN5O. The standard InChI is InChI=1S/C23H30FN5O/c1-23(2)16-28(11-4-9-26-23)14-10-25-21-8-13-29-12-7-18(22(29)27-21)19-15-17(30-3)5-6-20(19)24/h5-8,12-13,15,26H,4,9-11,14,16H2,1-3H3,(H,25,27). The highest BCUT2D eigenvalue weighted by Gasteiger charge is 2.23. The van der Waals surface area contributed by atoms with Crippen LogP contribution in [0.25, 0.3) is 16.8 Å². The van der Waals surface area contributed by atoms with Gasteiger partial charge in [0.25, 0.3) is 0 Å². The smallest absolute Gasteiger partial charge is 0.147 e. The van der Waals surface area contributed by atoms with E-state index in [9.17, 15) is 4.39 Å². The van der Waals surface area contributed by atoms with Crippen molar-refractivity contribution in [2.75, 3.05) is 45.2 Å². The molecular weight excluding hydrogens is 381 g/mol. The van der Waals surface area contributed by atoms with Gasteiger partial charge in [-0.2, -0.15) is 0 Å². The van der Waals surface area contributed by atoms with E-state index < -0.39 is 0 Å². The number of fused-ring (bicyclic) bond motifs is 1. The number of methoxy groups -OCH3 is 1. The molecule has 3 heterocycles. The third-order valence-electron chi connectivity index (χ3n) is 5.58. The zero-order chi connectivity index (χ0) is 21.1. The Morgan fingerprint density at radius 3 is 2.87 bits per heavy atom. The van der Waals surface area contributed by atoms with Crippen LogP contribution in [-0.4, -0.2) is 59.7 Å². The first-order valence-corrected chi connectivity index (χ1v) is 10.5. The maximum absolute atomic E-state index is 14.5. The minimum Gasteiger partial charge on any atom is -0.497 e. The summed E-state index contributed by atoms with van der Waals surface area (Å²) >= 11 is 0. The lowest BCUT2D eigenvalue weighted by atomic mass is 10.1. The van der Waals surface area contributed by atoms with Crippen molar-refractivity contribution in [3.8, 4) is 16.9 Å². The van der Waals surface area contributed by atoms with Crippen molar-refractivity contribution in [1.29, 1.82) is 0 Å². The number of nitrogens with one attached hydrogen (secondary N) is 2. The van der Waals surface area contributed by atoms with Crippen LogP contribution in [0.4, 0.5) is 10.2 Å². The lowest BCUT2D eigenvalue weighted by molar-refractivity contribution is 0.238. The summed E-state index contributed by atoms with van der Waals surface area (Å²) < 4.78 is 21.7. The lowest BCUT2D eigenvalue weighted by Crippen LogP contribution is -2.47. The molecule has 1 saturated heterocycles. The van der Waals surface area contributed by atoms with Gasteiger partial charge in [0.05, 0.1) is 7.11 Å². The molecule has 6 nitrogen and oxygen atoms in total. The van der Waals surface area contributed by atoms with Crippen molar-refractivity contribution in [3.05, 3.63) is 48.5 Å². The molecule has 0 radical (unpaired) electrons. The van der Waals surface area contributed by atoms with E-state index in [0.717, 1.165) is 50.5 Å². The molecule has 0 spiro atoms. The van der Waals surface area contributed by atoms with Crippen molar-refractivity contribution in [2.45, 2.75) is 25.8 Å². The number of hydrogen-bond donors (Lipinski definition) is 2. The normalized spacial score (nSPS) is 17.1. The van der Waals surface area contributed by atoms with Crippen molar-refractivity contribution >= 4 is 11.5 Å². The molecule has 1 aromatic carbocycles. The predicted molar refractivity (Wildman–Crippen MR) is 119 cm³/mol. The van der Waals surface area contributed by atoms with Crippen LogP contribution in [0.5, 0.6) is 5.75 Å². The molecule has 1 fully saturated rings. The van der Waals surface area contributed by atoms with Crippen LogP contribution < -0.4 is 15.4 Å². The first kappa shape index (κ1) is 20.6. The predicted octanol–water partition coefficient (Wildman–Crippen LogP) is 3.63. The molecule has 1 aliphatic heterocycles. The van der Waals surface area contributed by atoms with Gasteiger partial charge in [0.2, 0.25) is 0 Å². The maximum Gasteiger partial charge on any atom is 0.147 e. The Hall–Kier alpha value is -2.64. The van der Waals surface area contributed by atoms with Gasteiger partial charge in [0.15, 0.2) is 0 Å². The van der Waals surface area contributed by atoms with E-state index >= 15 is 0 Å². The SMILES string of the molecule is COc1ccc(F)c(-c2ccn3ccc(NCCN4CCCNC(C)(C)C4)nc23)c1. The summed E-state index contributed by atoms with van der Waals surface area (Å²) in [5.41, 5.74) is 2.08. The Morgan fingerprint density at radius 1 is 1.20 bits per heavy atom. The minimum atomic E-state index is -0.290. The summed E-state index contributed by atoms with van der Waals surface area (Å²) in [6.45, 7) is 9.45. The van der Waals surface area contributed by atoms with Crippen LogP contribution in [0.3, 0.4) is 0 Å². The number of aromatic nitrogens is 2. The monoisotopic (exact) mass is 411 g/mol. The highest BCUT2D eigenvalue weighted by molar-refractivity contribution is 5.80. The number of rotatable bonds is 6. The summed E-state index contributed by atoms with van der Waals surface area (Å²) in [7, 11) is 1.58. The number of halogens is 1. The molecule has 0 bridgehead atoms. The molecule has 1 aliphatic rings. The van der Waals surface area contributed by atoms with Crippen LogP contribution in [-0.2, 0) is 0 Å². The second-order valence-corrected chi connectivity index (χ2v) is 8.49. The zero-order valence-corrected chi connectivity index (χ0v) is 17.9. The van der Waals surface area contributed by atoms with E-state index in [4.69, 9.17) is 9.72 Å². The van der Waals surface area contributed by atoms with Crippen molar-refractivity contribution in [1.82, 2.24) is 19.6 Å². The van der Waals surface area contributed by atoms with Crippen LogP contribution in [0, 0.1) is 5.82 Å². The highest BCUT2D eigenvalue weighted by Crippen LogP contribution is 2.30. The largest absolute Gasteiger partial charge is 0.497 e. The van der Waals surface area contributed by atoms with Gasteiger partial charge < -0.3 is 19.8 Å². The summed E-state index contributed by atoms with van der Waals surface area (Å²) in [6, 6.07) is 8.60. The van der Waals surface area contributed by atoms with E-state index in [0.29, 0.717) is 17.0 Å². The van der Waals surface area contributed by atoms with Crippen molar-refractivity contribution in [3.63, 3.8) is 0 Å². The number of nitrogens with zero attached hydrogens (tertiary/aromatic N) is 3. The van der Waals surface area contributed by atoms with Crippen LogP contribution in [0.1, 0.15) is 20.3 Å². The molecule has 2 aromatic heterocycles. The zero-order valence-electron chi connectivity index (χ0n) is 17.9. The molecule has 4 rings (SSSR count). The molecule has 0 unspecified atom stereocenters. The molecule has 3 aromatic rings. The van der Waals surface area contributed by atoms with Gasteiger partial charge in [-0.05, 0) is 63.7 Å². The Morgan fingerprint density at radius 2 is 2.03 bits per heavy atom. The van der Waals surface area contributed by atoms with Gasteiger partial charge in [-0.15, -0.1) is 0 Å². The molecule has 0 amide bonds. The second-order valence-electron chi connectivity index (χ2n) is 8.49. The van der Waals surface area contributed by atoms with Gasteiger partial charge in [-0.25, -0.2) is 9.37 Å². The minimum absolute atomic E-state index is 0.134. The van der Waals surface area contributed by atoms with Crippen LogP contribution in [0.2, 0.25) is 0 Å². The van der Waals surface area contributed by atoms with Gasteiger partial charge in [-0.1, -0.05) is 0 Å². The average molecular weight is 412 g/mol. The molecule has 2 N–H and O–H groups in total. The average Bonchev–Trinajstić information content (AvgIpc) is 3.05. The molecule has 0 saturated carbocycles. The molecule has 0 atom stereocenters. The third-order valence-corrected chi connectivity index (χ3v) is 5.58. The summed E-state index contributed by atoms with van der Waals surface area (Å²) in [4.78, 5) is 7.24. The quantitative estimate of drug-likeness (QED) is 0.649. The van der Waals surface area contributed by atoms with Crippen molar-refractivity contribution < 1.29 is 9.13 Å². The van der Waals surface area contributed by atoms with Crippen molar-refractivity contribution in [2.24, 2.45) is 0 Å². The van der Waals surface area contributed by atoms with E-state index in [1.165, 1.54) is 6.07 Å². The van der Waals surface area contributed by atoms with E-state index in [1.807, 2.05) is 28.9 Å². The first-order chi connectivity index (χ1) is 14.4. The van der Waals surface area contributed by atoms with E-state index in [2.05, 4.69) is 29.4 Å². The fourth-order valence-electron chi connectivity index (χ4n) is 4.08. The number of ether oxygens (including phenoxy) is 1. The van der Waals surface area contributed by atoms with Gasteiger partial charge in [0.1, 0.15) is 23.0 Å². The summed E-state index contributed by atoms with van der Waals surface area (Å²) in [5, 5.41) is 7.03. The Balaban J connectivity index is 1.49. The third kappa shape index (κ3) is 4.57. The molecule has 160 valence electrons. The number of anilines is 1. The maximum atomic E-state index is 14.5. The lowest BCUT2D eigenvalue weighted by Gasteiger charge is -2.30. The molecule has 30 heavy (non-hydrogen) atoms. The molecule has 0 aliphatic carbocycles. The number of hydrogen-bond acceptors (Lipinski definition) is 5. The summed E-state index contributed by atoms with van der Waals surface area (Å²) in [5.74, 6) is 1.12. The Kier molecular flexibility index (Phi) is 5.92. The van der Waals surface area contributed by atoms with Crippen LogP contribution in [0.15, 0.2) is 42.7 Å². The molecule has 7 heteroatoms. The van der Waals surface area contributed by atoms with E-state index in [-0.39, 0.29) is 11.4 Å². The Labute approximate surface area is 177 Å². The van der Waals surface area contributed by atoms with Gasteiger partial charge >= 0.3 is 0 Å². The topological polar surface area (TPSA) is 53.8 Å².